The molecular formula is C11H19N3S. The van der Waals surface area contributed by atoms with Crippen molar-refractivity contribution in [3.63, 3.8) is 0 Å². The molecule has 4 heteroatoms. The lowest BCUT2D eigenvalue weighted by atomic mass is 10.2. The van der Waals surface area contributed by atoms with E-state index in [2.05, 4.69) is 29.1 Å². The van der Waals surface area contributed by atoms with Crippen LogP contribution < -0.4 is 5.32 Å². The highest BCUT2D eigenvalue weighted by Crippen LogP contribution is 2.22. The maximum Gasteiger partial charge on any atom is 0.187 e. The lowest BCUT2D eigenvalue weighted by molar-refractivity contribution is 0.541. The molecule has 0 aliphatic rings. The fraction of sp³-hybridized carbons (Fsp3) is 0.636. The van der Waals surface area contributed by atoms with Gasteiger partial charge in [0, 0.05) is 23.7 Å². The molecule has 0 fully saturated rings. The van der Waals surface area contributed by atoms with Crippen LogP contribution in [-0.4, -0.2) is 28.3 Å². The van der Waals surface area contributed by atoms with Crippen molar-refractivity contribution in [1.82, 2.24) is 15.3 Å². The van der Waals surface area contributed by atoms with Crippen LogP contribution in [0, 0.1) is 6.92 Å². The van der Waals surface area contributed by atoms with Gasteiger partial charge in [0.1, 0.15) is 0 Å². The minimum atomic E-state index is 0.489. The first-order chi connectivity index (χ1) is 7.17. The van der Waals surface area contributed by atoms with Gasteiger partial charge in [-0.05, 0) is 26.0 Å². The summed E-state index contributed by atoms with van der Waals surface area (Å²) in [4.78, 5) is 8.59. The number of hydrogen-bond donors (Lipinski definition) is 1. The molecule has 2 unspecified atom stereocenters. The minimum absolute atomic E-state index is 0.489. The Morgan fingerprint density at radius 3 is 2.47 bits per heavy atom. The first-order valence-electron chi connectivity index (χ1n) is 5.30. The van der Waals surface area contributed by atoms with Crippen molar-refractivity contribution in [3.05, 3.63) is 18.0 Å². The Morgan fingerprint density at radius 1 is 1.40 bits per heavy atom. The van der Waals surface area contributed by atoms with Crippen LogP contribution in [0.2, 0.25) is 0 Å². The molecule has 0 amide bonds. The number of nitrogens with zero attached hydrogens (tertiary/aromatic N) is 2. The van der Waals surface area contributed by atoms with Crippen molar-refractivity contribution >= 4 is 11.8 Å². The SMILES string of the molecule is CCC(NC)C(C)Sc1ncc(C)cn1. The molecule has 0 saturated heterocycles. The number of hydrogen-bond acceptors (Lipinski definition) is 4. The highest BCUT2D eigenvalue weighted by Gasteiger charge is 2.15. The zero-order valence-electron chi connectivity index (χ0n) is 9.82. The smallest absolute Gasteiger partial charge is 0.187 e. The van der Waals surface area contributed by atoms with E-state index < -0.39 is 0 Å². The molecule has 84 valence electrons. The fourth-order valence-corrected chi connectivity index (χ4v) is 2.51. The molecule has 0 aliphatic heterocycles. The van der Waals surface area contributed by atoms with Crippen molar-refractivity contribution in [2.75, 3.05) is 7.05 Å². The van der Waals surface area contributed by atoms with Gasteiger partial charge in [-0.2, -0.15) is 0 Å². The van der Waals surface area contributed by atoms with Gasteiger partial charge in [-0.15, -0.1) is 0 Å². The third kappa shape index (κ3) is 3.80. The quantitative estimate of drug-likeness (QED) is 0.616. The standard InChI is InChI=1S/C11H19N3S/c1-5-10(12-4)9(3)15-11-13-6-8(2)7-14-11/h6-7,9-10,12H,5H2,1-4H3. The van der Waals surface area contributed by atoms with Crippen LogP contribution in [-0.2, 0) is 0 Å². The van der Waals surface area contributed by atoms with Gasteiger partial charge in [0.15, 0.2) is 5.16 Å². The molecule has 0 aliphatic carbocycles. The van der Waals surface area contributed by atoms with Crippen LogP contribution in [0.1, 0.15) is 25.8 Å². The van der Waals surface area contributed by atoms with Crippen molar-refractivity contribution in [2.45, 2.75) is 43.6 Å². The largest absolute Gasteiger partial charge is 0.316 e. The van der Waals surface area contributed by atoms with Gasteiger partial charge in [0.25, 0.3) is 0 Å². The van der Waals surface area contributed by atoms with E-state index in [1.807, 2.05) is 26.4 Å². The number of aromatic nitrogens is 2. The van der Waals surface area contributed by atoms with E-state index in [1.54, 1.807) is 11.8 Å². The fourth-order valence-electron chi connectivity index (χ4n) is 1.46. The van der Waals surface area contributed by atoms with E-state index in [4.69, 9.17) is 0 Å². The Balaban J connectivity index is 2.57. The van der Waals surface area contributed by atoms with Gasteiger partial charge in [0.2, 0.25) is 0 Å². The first kappa shape index (κ1) is 12.5. The van der Waals surface area contributed by atoms with Crippen molar-refractivity contribution in [2.24, 2.45) is 0 Å². The van der Waals surface area contributed by atoms with E-state index in [1.165, 1.54) is 0 Å². The molecule has 1 aromatic rings. The summed E-state index contributed by atoms with van der Waals surface area (Å²) >= 11 is 1.72. The predicted octanol–water partition coefficient (Wildman–Crippen LogP) is 2.26. The van der Waals surface area contributed by atoms with Crippen molar-refractivity contribution < 1.29 is 0 Å². The molecule has 0 saturated carbocycles. The molecule has 2 atom stereocenters. The second kappa shape index (κ2) is 6.08. The predicted molar refractivity (Wildman–Crippen MR) is 65.2 cm³/mol. The minimum Gasteiger partial charge on any atom is -0.316 e. The summed E-state index contributed by atoms with van der Waals surface area (Å²) in [6, 6.07) is 0.514. The Kier molecular flexibility index (Phi) is 5.05. The summed E-state index contributed by atoms with van der Waals surface area (Å²) in [6.07, 6.45) is 4.85. The maximum atomic E-state index is 4.29. The van der Waals surface area contributed by atoms with Crippen molar-refractivity contribution in [3.8, 4) is 0 Å². The van der Waals surface area contributed by atoms with E-state index >= 15 is 0 Å². The average molecular weight is 225 g/mol. The number of nitrogens with one attached hydrogen (secondary N) is 1. The van der Waals surface area contributed by atoms with Gasteiger partial charge in [-0.3, -0.25) is 0 Å². The third-order valence-electron chi connectivity index (χ3n) is 2.43. The normalized spacial score (nSPS) is 14.9. The second-order valence-corrected chi connectivity index (χ2v) is 5.01. The van der Waals surface area contributed by atoms with Crippen LogP contribution >= 0.6 is 11.8 Å². The van der Waals surface area contributed by atoms with Crippen LogP contribution in [0.15, 0.2) is 17.6 Å². The van der Waals surface area contributed by atoms with Crippen LogP contribution in [0.4, 0.5) is 0 Å². The lowest BCUT2D eigenvalue weighted by Gasteiger charge is -2.20. The maximum absolute atomic E-state index is 4.29. The lowest BCUT2D eigenvalue weighted by Crippen LogP contribution is -2.33. The molecule has 1 rings (SSSR count). The molecule has 1 aromatic heterocycles. The van der Waals surface area contributed by atoms with E-state index in [0.717, 1.165) is 17.1 Å². The Labute approximate surface area is 96.1 Å². The molecule has 0 aromatic carbocycles. The molecule has 0 bridgehead atoms. The summed E-state index contributed by atoms with van der Waals surface area (Å²) < 4.78 is 0. The van der Waals surface area contributed by atoms with Gasteiger partial charge < -0.3 is 5.32 Å². The first-order valence-corrected chi connectivity index (χ1v) is 6.18. The zero-order chi connectivity index (χ0) is 11.3. The average Bonchev–Trinajstić information content (AvgIpc) is 2.23. The topological polar surface area (TPSA) is 37.8 Å². The van der Waals surface area contributed by atoms with Gasteiger partial charge in [0.05, 0.1) is 0 Å². The second-order valence-electron chi connectivity index (χ2n) is 3.67. The molecule has 15 heavy (non-hydrogen) atoms. The highest BCUT2D eigenvalue weighted by atomic mass is 32.2. The van der Waals surface area contributed by atoms with Crippen LogP contribution in [0.5, 0.6) is 0 Å². The number of thioether (sulfide) groups is 1. The summed E-state index contributed by atoms with van der Waals surface area (Å²) in [5.74, 6) is 0. The summed E-state index contributed by atoms with van der Waals surface area (Å²) in [5, 5.41) is 4.66. The van der Waals surface area contributed by atoms with E-state index in [9.17, 15) is 0 Å². The van der Waals surface area contributed by atoms with Crippen LogP contribution in [0.3, 0.4) is 0 Å². The van der Waals surface area contributed by atoms with E-state index in [-0.39, 0.29) is 0 Å². The monoisotopic (exact) mass is 225 g/mol. The molecule has 1 heterocycles. The highest BCUT2D eigenvalue weighted by molar-refractivity contribution is 7.99. The molecule has 0 spiro atoms. The summed E-state index contributed by atoms with van der Waals surface area (Å²) in [5.41, 5.74) is 1.10. The number of rotatable bonds is 5. The molecule has 1 N–H and O–H groups in total. The third-order valence-corrected chi connectivity index (χ3v) is 3.55. The molecule has 0 radical (unpaired) electrons. The number of aryl methyl sites for hydroxylation is 1. The Hall–Kier alpha value is -0.610. The summed E-state index contributed by atoms with van der Waals surface area (Å²) in [6.45, 7) is 6.40. The van der Waals surface area contributed by atoms with Crippen LogP contribution in [0.25, 0.3) is 0 Å². The van der Waals surface area contributed by atoms with E-state index in [0.29, 0.717) is 11.3 Å². The van der Waals surface area contributed by atoms with Gasteiger partial charge in [-0.1, -0.05) is 25.6 Å². The van der Waals surface area contributed by atoms with Gasteiger partial charge in [-0.25, -0.2) is 9.97 Å². The Bertz CT molecular complexity index is 282. The molecule has 3 nitrogen and oxygen atoms in total. The Morgan fingerprint density at radius 2 is 2.00 bits per heavy atom. The molecular weight excluding hydrogens is 206 g/mol. The zero-order valence-corrected chi connectivity index (χ0v) is 10.6. The van der Waals surface area contributed by atoms with Crippen molar-refractivity contribution in [1.29, 1.82) is 0 Å². The summed E-state index contributed by atoms with van der Waals surface area (Å²) in [7, 11) is 2.00. The van der Waals surface area contributed by atoms with Gasteiger partial charge >= 0.3 is 0 Å².